The average Bonchev–Trinajstić information content (AvgIpc) is 2.68. The van der Waals surface area contributed by atoms with Gasteiger partial charge in [0.2, 0.25) is 15.9 Å². The van der Waals surface area contributed by atoms with Crippen molar-refractivity contribution in [2.24, 2.45) is 0 Å². The van der Waals surface area contributed by atoms with Crippen LogP contribution in [0.1, 0.15) is 37.0 Å². The minimum absolute atomic E-state index is 0.105. The van der Waals surface area contributed by atoms with Crippen LogP contribution in [0.2, 0.25) is 0 Å². The van der Waals surface area contributed by atoms with Crippen LogP contribution in [-0.4, -0.2) is 32.8 Å². The number of hydrogen-bond acceptors (Lipinski definition) is 4. The highest BCUT2D eigenvalue weighted by Crippen LogP contribution is 2.15. The van der Waals surface area contributed by atoms with Crippen LogP contribution < -0.4 is 15.4 Å². The molecule has 7 nitrogen and oxygen atoms in total. The fourth-order valence-corrected chi connectivity index (χ4v) is 3.67. The molecule has 150 valence electrons. The third kappa shape index (κ3) is 6.47. The Morgan fingerprint density at radius 1 is 1.00 bits per heavy atom. The van der Waals surface area contributed by atoms with Gasteiger partial charge in [0.1, 0.15) is 0 Å². The van der Waals surface area contributed by atoms with E-state index in [2.05, 4.69) is 15.4 Å². The normalized spacial score (nSPS) is 12.2. The van der Waals surface area contributed by atoms with E-state index in [1.165, 1.54) is 24.3 Å². The molecule has 0 heterocycles. The summed E-state index contributed by atoms with van der Waals surface area (Å²) in [5.74, 6) is -0.515. The molecule has 2 amide bonds. The number of amides is 2. The fraction of sp³-hybridized carbons (Fsp3) is 0.300. The Kier molecular flexibility index (Phi) is 7.71. The molecule has 0 bridgehead atoms. The van der Waals surface area contributed by atoms with Gasteiger partial charge in [-0.05, 0) is 49.7 Å². The van der Waals surface area contributed by atoms with Crippen molar-refractivity contribution in [3.05, 3.63) is 60.2 Å². The number of carbonyl (C=O) groups excluding carboxylic acids is 2. The second-order valence-corrected chi connectivity index (χ2v) is 8.09. The van der Waals surface area contributed by atoms with Gasteiger partial charge in [0.05, 0.1) is 4.90 Å². The van der Waals surface area contributed by atoms with Crippen LogP contribution >= 0.6 is 0 Å². The smallest absolute Gasteiger partial charge is 0.251 e. The Hall–Kier alpha value is -2.71. The van der Waals surface area contributed by atoms with E-state index < -0.39 is 10.0 Å². The maximum Gasteiger partial charge on any atom is 0.251 e. The molecule has 0 aromatic heterocycles. The summed E-state index contributed by atoms with van der Waals surface area (Å²) in [4.78, 5) is 24.1. The fourth-order valence-electron chi connectivity index (χ4n) is 2.34. The van der Waals surface area contributed by atoms with E-state index in [0.29, 0.717) is 17.7 Å². The SMILES string of the molecule is CCC(C)NS(=O)(=O)c1ccc(NC(=O)CCNC(=O)c2ccccc2)cc1. The number of nitrogens with one attached hydrogen (secondary N) is 3. The molecule has 28 heavy (non-hydrogen) atoms. The molecule has 0 aliphatic carbocycles. The van der Waals surface area contributed by atoms with E-state index in [1.807, 2.05) is 13.0 Å². The first kappa shape index (κ1) is 21.6. The zero-order valence-electron chi connectivity index (χ0n) is 15.9. The zero-order valence-corrected chi connectivity index (χ0v) is 16.8. The maximum absolute atomic E-state index is 12.2. The van der Waals surface area contributed by atoms with Crippen molar-refractivity contribution in [2.45, 2.75) is 37.6 Å². The molecular formula is C20H25N3O4S. The summed E-state index contributed by atoms with van der Waals surface area (Å²) >= 11 is 0. The maximum atomic E-state index is 12.2. The standard InChI is InChI=1S/C20H25N3O4S/c1-3-15(2)23-28(26,27)18-11-9-17(10-12-18)22-19(24)13-14-21-20(25)16-7-5-4-6-8-16/h4-12,15,23H,3,13-14H2,1-2H3,(H,21,25)(H,22,24). The lowest BCUT2D eigenvalue weighted by atomic mass is 10.2. The predicted octanol–water partition coefficient (Wildman–Crippen LogP) is 2.52. The van der Waals surface area contributed by atoms with Gasteiger partial charge in [0, 0.05) is 30.3 Å². The lowest BCUT2D eigenvalue weighted by Crippen LogP contribution is -2.32. The number of carbonyl (C=O) groups is 2. The van der Waals surface area contributed by atoms with E-state index in [1.54, 1.807) is 31.2 Å². The zero-order chi connectivity index (χ0) is 20.6. The average molecular weight is 404 g/mol. The Bertz CT molecular complexity index is 897. The molecule has 0 spiro atoms. The summed E-state index contributed by atoms with van der Waals surface area (Å²) in [6, 6.07) is 14.5. The molecule has 0 aliphatic rings. The second-order valence-electron chi connectivity index (χ2n) is 6.38. The summed E-state index contributed by atoms with van der Waals surface area (Å²) < 4.78 is 27.0. The van der Waals surface area contributed by atoms with Crippen LogP contribution in [-0.2, 0) is 14.8 Å². The molecular weight excluding hydrogens is 378 g/mol. The van der Waals surface area contributed by atoms with E-state index in [-0.39, 0.29) is 35.7 Å². The third-order valence-electron chi connectivity index (χ3n) is 4.09. The number of hydrogen-bond donors (Lipinski definition) is 3. The van der Waals surface area contributed by atoms with Crippen molar-refractivity contribution in [3.8, 4) is 0 Å². The van der Waals surface area contributed by atoms with Gasteiger partial charge in [-0.1, -0.05) is 25.1 Å². The van der Waals surface area contributed by atoms with Crippen molar-refractivity contribution in [3.63, 3.8) is 0 Å². The number of rotatable bonds is 9. The highest BCUT2D eigenvalue weighted by atomic mass is 32.2. The number of sulfonamides is 1. The monoisotopic (exact) mass is 403 g/mol. The van der Waals surface area contributed by atoms with Crippen LogP contribution in [0.25, 0.3) is 0 Å². The van der Waals surface area contributed by atoms with Gasteiger partial charge < -0.3 is 10.6 Å². The van der Waals surface area contributed by atoms with E-state index in [0.717, 1.165) is 0 Å². The number of benzene rings is 2. The summed E-state index contributed by atoms with van der Waals surface area (Å²) in [6.07, 6.45) is 0.794. The van der Waals surface area contributed by atoms with Crippen LogP contribution in [0.5, 0.6) is 0 Å². The second kappa shape index (κ2) is 10.0. The summed E-state index contributed by atoms with van der Waals surface area (Å²) in [7, 11) is -3.58. The van der Waals surface area contributed by atoms with Crippen molar-refractivity contribution >= 4 is 27.5 Å². The summed E-state index contributed by atoms with van der Waals surface area (Å²) in [5, 5.41) is 5.36. The topological polar surface area (TPSA) is 104 Å². The number of anilines is 1. The minimum Gasteiger partial charge on any atom is -0.352 e. The molecule has 2 rings (SSSR count). The Labute approximate surface area is 165 Å². The first-order valence-corrected chi connectivity index (χ1v) is 10.6. The van der Waals surface area contributed by atoms with Gasteiger partial charge in [0.15, 0.2) is 0 Å². The van der Waals surface area contributed by atoms with Crippen LogP contribution in [0, 0.1) is 0 Å². The molecule has 0 saturated heterocycles. The van der Waals surface area contributed by atoms with Gasteiger partial charge in [-0.2, -0.15) is 0 Å². The van der Waals surface area contributed by atoms with Gasteiger partial charge in [-0.15, -0.1) is 0 Å². The highest BCUT2D eigenvalue weighted by Gasteiger charge is 2.16. The van der Waals surface area contributed by atoms with Crippen molar-refractivity contribution in [1.29, 1.82) is 0 Å². The molecule has 0 saturated carbocycles. The summed E-state index contributed by atoms with van der Waals surface area (Å²) in [5.41, 5.74) is 1.02. The molecule has 1 unspecified atom stereocenters. The molecule has 0 aliphatic heterocycles. The van der Waals surface area contributed by atoms with Crippen molar-refractivity contribution < 1.29 is 18.0 Å². The molecule has 3 N–H and O–H groups in total. The Balaban J connectivity index is 1.83. The predicted molar refractivity (Wildman–Crippen MR) is 109 cm³/mol. The largest absolute Gasteiger partial charge is 0.352 e. The van der Waals surface area contributed by atoms with Gasteiger partial charge in [0.25, 0.3) is 5.91 Å². The lowest BCUT2D eigenvalue weighted by molar-refractivity contribution is -0.116. The van der Waals surface area contributed by atoms with Crippen molar-refractivity contribution in [2.75, 3.05) is 11.9 Å². The molecule has 0 fully saturated rings. The molecule has 0 radical (unpaired) electrons. The highest BCUT2D eigenvalue weighted by molar-refractivity contribution is 7.89. The molecule has 1 atom stereocenters. The van der Waals surface area contributed by atoms with E-state index in [4.69, 9.17) is 0 Å². The molecule has 2 aromatic carbocycles. The first-order valence-electron chi connectivity index (χ1n) is 9.07. The van der Waals surface area contributed by atoms with Gasteiger partial charge >= 0.3 is 0 Å². The molecule has 2 aromatic rings. The van der Waals surface area contributed by atoms with Gasteiger partial charge in [-0.25, -0.2) is 13.1 Å². The Morgan fingerprint density at radius 3 is 2.25 bits per heavy atom. The van der Waals surface area contributed by atoms with Crippen LogP contribution in [0.15, 0.2) is 59.5 Å². The van der Waals surface area contributed by atoms with Gasteiger partial charge in [-0.3, -0.25) is 9.59 Å². The van der Waals surface area contributed by atoms with Crippen LogP contribution in [0.3, 0.4) is 0 Å². The Morgan fingerprint density at radius 2 is 1.64 bits per heavy atom. The van der Waals surface area contributed by atoms with Crippen molar-refractivity contribution in [1.82, 2.24) is 10.0 Å². The minimum atomic E-state index is -3.58. The van der Waals surface area contributed by atoms with E-state index in [9.17, 15) is 18.0 Å². The third-order valence-corrected chi connectivity index (χ3v) is 5.70. The first-order chi connectivity index (χ1) is 13.3. The quantitative estimate of drug-likeness (QED) is 0.598. The molecule has 8 heteroatoms. The van der Waals surface area contributed by atoms with Crippen LogP contribution in [0.4, 0.5) is 5.69 Å². The summed E-state index contributed by atoms with van der Waals surface area (Å²) in [6.45, 7) is 3.89. The van der Waals surface area contributed by atoms with E-state index >= 15 is 0 Å². The lowest BCUT2D eigenvalue weighted by Gasteiger charge is -2.12.